The molecule has 0 saturated carbocycles. The van der Waals surface area contributed by atoms with Crippen LogP contribution < -0.4 is 10.5 Å². The van der Waals surface area contributed by atoms with Gasteiger partial charge >= 0.3 is 6.18 Å². The third kappa shape index (κ3) is 4.38. The Hall–Kier alpha value is -1.53. The number of ether oxygens (including phenoxy) is 1. The summed E-state index contributed by atoms with van der Waals surface area (Å²) in [5.41, 5.74) is 5.30. The van der Waals surface area contributed by atoms with Gasteiger partial charge in [-0.15, -0.1) is 0 Å². The number of hydrogen-bond acceptors (Lipinski definition) is 4. The predicted molar refractivity (Wildman–Crippen MR) is 61.0 cm³/mol. The number of anilines is 1. The normalized spacial score (nSPS) is 13.7. The molecule has 0 aliphatic rings. The van der Waals surface area contributed by atoms with Gasteiger partial charge in [0.25, 0.3) is 0 Å². The van der Waals surface area contributed by atoms with Crippen molar-refractivity contribution in [2.24, 2.45) is 5.92 Å². The first kappa shape index (κ1) is 14.5. The summed E-state index contributed by atoms with van der Waals surface area (Å²) in [6.45, 7) is 5.76. The Kier molecular flexibility index (Phi) is 4.37. The Bertz CT molecular complexity index is 407. The molecular weight excluding hydrogens is 247 g/mol. The van der Waals surface area contributed by atoms with Gasteiger partial charge in [-0.05, 0) is 19.3 Å². The molecule has 7 heteroatoms. The van der Waals surface area contributed by atoms with E-state index in [1.54, 1.807) is 6.92 Å². The zero-order chi connectivity index (χ0) is 13.9. The highest BCUT2D eigenvalue weighted by atomic mass is 19.4. The van der Waals surface area contributed by atoms with Gasteiger partial charge < -0.3 is 10.5 Å². The SMILES string of the molecule is CC(C)CC(C)Oc1cc(N)nc(C(F)(F)F)n1. The molecule has 1 rings (SSSR count). The van der Waals surface area contributed by atoms with Crippen molar-refractivity contribution in [3.8, 4) is 5.88 Å². The standard InChI is InChI=1S/C11H16F3N3O/c1-6(2)4-7(3)18-9-5-8(15)16-10(17-9)11(12,13)14/h5-7H,4H2,1-3H3,(H2,15,16,17). The highest BCUT2D eigenvalue weighted by Gasteiger charge is 2.35. The number of aromatic nitrogens is 2. The lowest BCUT2D eigenvalue weighted by Crippen LogP contribution is -2.18. The molecule has 0 aliphatic carbocycles. The molecule has 1 heterocycles. The van der Waals surface area contributed by atoms with E-state index in [9.17, 15) is 13.2 Å². The summed E-state index contributed by atoms with van der Waals surface area (Å²) in [7, 11) is 0. The van der Waals surface area contributed by atoms with E-state index in [1.807, 2.05) is 13.8 Å². The van der Waals surface area contributed by atoms with E-state index >= 15 is 0 Å². The van der Waals surface area contributed by atoms with Gasteiger partial charge in [-0.2, -0.15) is 18.2 Å². The third-order valence-electron chi connectivity index (χ3n) is 2.10. The Morgan fingerprint density at radius 2 is 1.89 bits per heavy atom. The first-order valence-corrected chi connectivity index (χ1v) is 5.57. The van der Waals surface area contributed by atoms with E-state index in [-0.39, 0.29) is 17.8 Å². The second-order valence-electron chi connectivity index (χ2n) is 4.51. The minimum Gasteiger partial charge on any atom is -0.474 e. The molecule has 4 nitrogen and oxygen atoms in total. The molecule has 0 saturated heterocycles. The maximum absolute atomic E-state index is 12.5. The summed E-state index contributed by atoms with van der Waals surface area (Å²) in [6, 6.07) is 1.19. The zero-order valence-corrected chi connectivity index (χ0v) is 10.5. The van der Waals surface area contributed by atoms with Crippen molar-refractivity contribution in [2.45, 2.75) is 39.5 Å². The molecule has 1 atom stereocenters. The molecule has 0 aromatic carbocycles. The van der Waals surface area contributed by atoms with Crippen LogP contribution in [0, 0.1) is 5.92 Å². The molecule has 18 heavy (non-hydrogen) atoms. The third-order valence-corrected chi connectivity index (χ3v) is 2.10. The van der Waals surface area contributed by atoms with Gasteiger partial charge in [0.15, 0.2) is 0 Å². The highest BCUT2D eigenvalue weighted by Crippen LogP contribution is 2.28. The topological polar surface area (TPSA) is 61.0 Å². The molecule has 0 aliphatic heterocycles. The van der Waals surface area contributed by atoms with Crippen LogP contribution in [0.5, 0.6) is 5.88 Å². The van der Waals surface area contributed by atoms with Gasteiger partial charge in [0.1, 0.15) is 5.82 Å². The number of nitrogens with two attached hydrogens (primary N) is 1. The van der Waals surface area contributed by atoms with E-state index in [0.29, 0.717) is 12.3 Å². The van der Waals surface area contributed by atoms with E-state index in [4.69, 9.17) is 10.5 Å². The first-order valence-electron chi connectivity index (χ1n) is 5.57. The van der Waals surface area contributed by atoms with Crippen LogP contribution in [0.3, 0.4) is 0 Å². The maximum atomic E-state index is 12.5. The molecular formula is C11H16F3N3O. The number of halogens is 3. The largest absolute Gasteiger partial charge is 0.474 e. The van der Waals surface area contributed by atoms with Crippen molar-refractivity contribution >= 4 is 5.82 Å². The van der Waals surface area contributed by atoms with Crippen molar-refractivity contribution in [1.82, 2.24) is 9.97 Å². The smallest absolute Gasteiger partial charge is 0.451 e. The molecule has 1 aromatic rings. The quantitative estimate of drug-likeness (QED) is 0.907. The molecule has 0 bridgehead atoms. The fourth-order valence-electron chi connectivity index (χ4n) is 1.55. The fraction of sp³-hybridized carbons (Fsp3) is 0.636. The van der Waals surface area contributed by atoms with E-state index in [2.05, 4.69) is 9.97 Å². The second-order valence-corrected chi connectivity index (χ2v) is 4.51. The number of nitrogen functional groups attached to an aromatic ring is 1. The zero-order valence-electron chi connectivity index (χ0n) is 10.5. The predicted octanol–water partition coefficient (Wildman–Crippen LogP) is 2.89. The molecule has 1 aromatic heterocycles. The summed E-state index contributed by atoms with van der Waals surface area (Å²) in [6.07, 6.45) is -4.15. The fourth-order valence-corrected chi connectivity index (χ4v) is 1.55. The second kappa shape index (κ2) is 5.41. The summed E-state index contributed by atoms with van der Waals surface area (Å²) in [4.78, 5) is 6.45. The molecule has 1 unspecified atom stereocenters. The van der Waals surface area contributed by atoms with Crippen LogP contribution in [-0.2, 0) is 6.18 Å². The lowest BCUT2D eigenvalue weighted by molar-refractivity contribution is -0.145. The van der Waals surface area contributed by atoms with Gasteiger partial charge in [0.05, 0.1) is 6.10 Å². The van der Waals surface area contributed by atoms with Crippen molar-refractivity contribution in [3.63, 3.8) is 0 Å². The van der Waals surface area contributed by atoms with Gasteiger partial charge in [-0.1, -0.05) is 13.8 Å². The van der Waals surface area contributed by atoms with Crippen LogP contribution in [-0.4, -0.2) is 16.1 Å². The molecule has 0 spiro atoms. The number of hydrogen-bond donors (Lipinski definition) is 1. The van der Waals surface area contributed by atoms with E-state index < -0.39 is 12.0 Å². The highest BCUT2D eigenvalue weighted by molar-refractivity contribution is 5.33. The summed E-state index contributed by atoms with van der Waals surface area (Å²) in [5, 5.41) is 0. The van der Waals surface area contributed by atoms with Crippen molar-refractivity contribution in [1.29, 1.82) is 0 Å². The average molecular weight is 263 g/mol. The molecule has 2 N–H and O–H groups in total. The Morgan fingerprint density at radius 3 is 2.39 bits per heavy atom. The van der Waals surface area contributed by atoms with Gasteiger partial charge in [-0.25, -0.2) is 4.98 Å². The van der Waals surface area contributed by atoms with E-state index in [1.165, 1.54) is 6.07 Å². The minimum atomic E-state index is -4.63. The van der Waals surface area contributed by atoms with Crippen LogP contribution in [0.25, 0.3) is 0 Å². The van der Waals surface area contributed by atoms with Crippen LogP contribution in [0.15, 0.2) is 6.07 Å². The maximum Gasteiger partial charge on any atom is 0.451 e. The summed E-state index contributed by atoms with van der Waals surface area (Å²) in [5.74, 6) is -1.32. The minimum absolute atomic E-state index is 0.150. The molecule has 0 radical (unpaired) electrons. The lowest BCUT2D eigenvalue weighted by atomic mass is 10.1. The molecule has 102 valence electrons. The van der Waals surface area contributed by atoms with Gasteiger partial charge in [-0.3, -0.25) is 0 Å². The molecule has 0 fully saturated rings. The van der Waals surface area contributed by atoms with E-state index in [0.717, 1.165) is 0 Å². The van der Waals surface area contributed by atoms with Crippen molar-refractivity contribution in [2.75, 3.05) is 5.73 Å². The Morgan fingerprint density at radius 1 is 1.28 bits per heavy atom. The van der Waals surface area contributed by atoms with Crippen molar-refractivity contribution in [3.05, 3.63) is 11.9 Å². The Balaban J connectivity index is 2.87. The Labute approximate surface area is 103 Å². The summed E-state index contributed by atoms with van der Waals surface area (Å²) < 4.78 is 42.7. The van der Waals surface area contributed by atoms with Crippen LogP contribution in [0.2, 0.25) is 0 Å². The van der Waals surface area contributed by atoms with Gasteiger partial charge in [0, 0.05) is 6.07 Å². The molecule has 0 amide bonds. The van der Waals surface area contributed by atoms with Crippen LogP contribution in [0.4, 0.5) is 19.0 Å². The average Bonchev–Trinajstić information content (AvgIpc) is 2.13. The van der Waals surface area contributed by atoms with Crippen LogP contribution >= 0.6 is 0 Å². The number of alkyl halides is 3. The summed E-state index contributed by atoms with van der Waals surface area (Å²) >= 11 is 0. The van der Waals surface area contributed by atoms with Gasteiger partial charge in [0.2, 0.25) is 11.7 Å². The number of rotatable bonds is 4. The monoisotopic (exact) mass is 263 g/mol. The lowest BCUT2D eigenvalue weighted by Gasteiger charge is -2.16. The van der Waals surface area contributed by atoms with Crippen LogP contribution in [0.1, 0.15) is 33.0 Å². The van der Waals surface area contributed by atoms with Crippen molar-refractivity contribution < 1.29 is 17.9 Å². The first-order chi connectivity index (χ1) is 8.18. The number of nitrogens with zero attached hydrogens (tertiary/aromatic N) is 2.